The quantitative estimate of drug-likeness (QED) is 0.178. The molecule has 0 bridgehead atoms. The average molecular weight is 616 g/mol. The highest BCUT2D eigenvalue weighted by Crippen LogP contribution is 2.42. The maximum atomic E-state index is 14.7. The molecule has 46 heavy (non-hydrogen) atoms. The highest BCUT2D eigenvalue weighted by molar-refractivity contribution is 6.06. The average Bonchev–Trinajstić information content (AvgIpc) is 3.92. The fourth-order valence-electron chi connectivity index (χ4n) is 6.72. The van der Waals surface area contributed by atoms with Crippen LogP contribution in [0.1, 0.15) is 56.2 Å². The Kier molecular flexibility index (Phi) is 9.20. The summed E-state index contributed by atoms with van der Waals surface area (Å²) in [5, 5.41) is 3.14. The van der Waals surface area contributed by atoms with E-state index in [2.05, 4.69) is 11.4 Å². The monoisotopic (exact) mass is 615 g/mol. The third-order valence-electron chi connectivity index (χ3n) is 9.32. The zero-order valence-electron chi connectivity index (χ0n) is 26.4. The van der Waals surface area contributed by atoms with Crippen LogP contribution in [0.15, 0.2) is 97.1 Å². The van der Waals surface area contributed by atoms with Gasteiger partial charge in [-0.1, -0.05) is 99.0 Å². The second-order valence-corrected chi connectivity index (χ2v) is 12.5. The number of fused-ring (bicyclic) bond motifs is 3. The van der Waals surface area contributed by atoms with Gasteiger partial charge in [-0.3, -0.25) is 14.4 Å². The number of carbonyl (C=O) groups is 3. The minimum Gasteiger partial charge on any atom is -0.497 e. The molecule has 3 atom stereocenters. The van der Waals surface area contributed by atoms with Gasteiger partial charge in [0, 0.05) is 17.4 Å². The number of hydrogen-bond acceptors (Lipinski definition) is 4. The molecule has 1 aliphatic heterocycles. The van der Waals surface area contributed by atoms with E-state index >= 15 is 0 Å². The number of para-hydroxylation sites is 1. The van der Waals surface area contributed by atoms with E-state index in [4.69, 9.17) is 10.5 Å². The number of rotatable bonds is 12. The number of nitrogens with zero attached hydrogens (tertiary/aromatic N) is 1. The van der Waals surface area contributed by atoms with E-state index in [0.29, 0.717) is 25.3 Å². The van der Waals surface area contributed by atoms with Crippen molar-refractivity contribution >= 4 is 23.4 Å². The SMILES string of the molecule is CCCC(C(N)=O)C(CC1CC1)C(=O)NC1C(=O)N(Cc2cccc(-c3ccc(OC)cc3)c2)c2ccccc2-c2ccccc21. The number of amides is 3. The highest BCUT2D eigenvalue weighted by Gasteiger charge is 2.40. The predicted molar refractivity (Wildman–Crippen MR) is 181 cm³/mol. The Morgan fingerprint density at radius 1 is 0.891 bits per heavy atom. The van der Waals surface area contributed by atoms with Crippen molar-refractivity contribution in [2.75, 3.05) is 12.0 Å². The van der Waals surface area contributed by atoms with Crippen molar-refractivity contribution in [1.29, 1.82) is 0 Å². The molecule has 1 aliphatic carbocycles. The molecule has 4 aromatic rings. The molecule has 2 aliphatic rings. The number of hydrogen-bond donors (Lipinski definition) is 2. The molecule has 0 radical (unpaired) electrons. The van der Waals surface area contributed by atoms with Crippen LogP contribution in [0.2, 0.25) is 0 Å². The zero-order valence-corrected chi connectivity index (χ0v) is 26.4. The number of carbonyl (C=O) groups excluding carboxylic acids is 3. The van der Waals surface area contributed by atoms with Crippen LogP contribution >= 0.6 is 0 Å². The summed E-state index contributed by atoms with van der Waals surface area (Å²) in [5.41, 5.74) is 12.2. The number of anilines is 1. The molecular formula is C39H41N3O4. The first kappa shape index (κ1) is 31.1. The fraction of sp³-hybridized carbons (Fsp3) is 0.308. The van der Waals surface area contributed by atoms with E-state index in [1.165, 1.54) is 0 Å². The van der Waals surface area contributed by atoms with E-state index in [1.54, 1.807) is 12.0 Å². The minimum absolute atomic E-state index is 0.225. The molecule has 1 saturated carbocycles. The molecule has 0 spiro atoms. The van der Waals surface area contributed by atoms with Gasteiger partial charge in [-0.25, -0.2) is 0 Å². The molecule has 7 heteroatoms. The molecule has 236 valence electrons. The molecule has 0 saturated heterocycles. The highest BCUT2D eigenvalue weighted by atomic mass is 16.5. The van der Waals surface area contributed by atoms with Gasteiger partial charge in [0.25, 0.3) is 5.91 Å². The topological polar surface area (TPSA) is 102 Å². The molecule has 3 unspecified atom stereocenters. The summed E-state index contributed by atoms with van der Waals surface area (Å²) in [6.07, 6.45) is 3.98. The van der Waals surface area contributed by atoms with Gasteiger partial charge < -0.3 is 20.7 Å². The lowest BCUT2D eigenvalue weighted by Crippen LogP contribution is -2.46. The molecular weight excluding hydrogens is 574 g/mol. The predicted octanol–water partition coefficient (Wildman–Crippen LogP) is 7.05. The van der Waals surface area contributed by atoms with Crippen molar-refractivity contribution in [2.24, 2.45) is 23.5 Å². The molecule has 1 fully saturated rings. The molecule has 0 aromatic heterocycles. The lowest BCUT2D eigenvalue weighted by Gasteiger charge is -2.29. The number of methoxy groups -OCH3 is 1. The van der Waals surface area contributed by atoms with Crippen molar-refractivity contribution in [3.8, 4) is 28.0 Å². The summed E-state index contributed by atoms with van der Waals surface area (Å²) in [5.74, 6) is -0.927. The fourth-order valence-corrected chi connectivity index (χ4v) is 6.72. The number of nitrogens with two attached hydrogens (primary N) is 1. The molecule has 1 heterocycles. The normalized spacial score (nSPS) is 16.9. The van der Waals surface area contributed by atoms with Crippen LogP contribution in [0.25, 0.3) is 22.3 Å². The lowest BCUT2D eigenvalue weighted by atomic mass is 9.83. The van der Waals surface area contributed by atoms with Crippen LogP contribution in [-0.2, 0) is 20.9 Å². The number of ether oxygens (including phenoxy) is 1. The Bertz CT molecular complexity index is 1730. The summed E-state index contributed by atoms with van der Waals surface area (Å²) in [4.78, 5) is 43.2. The Morgan fingerprint density at radius 3 is 2.30 bits per heavy atom. The Labute approximate surface area is 270 Å². The molecule has 3 amide bonds. The van der Waals surface area contributed by atoms with Gasteiger partial charge in [0.05, 0.1) is 19.3 Å². The van der Waals surface area contributed by atoms with E-state index < -0.39 is 23.8 Å². The van der Waals surface area contributed by atoms with Crippen molar-refractivity contribution in [1.82, 2.24) is 5.32 Å². The van der Waals surface area contributed by atoms with Crippen LogP contribution in [0.5, 0.6) is 5.75 Å². The van der Waals surface area contributed by atoms with Gasteiger partial charge >= 0.3 is 0 Å². The van der Waals surface area contributed by atoms with Gasteiger partial charge in [-0.15, -0.1) is 0 Å². The van der Waals surface area contributed by atoms with Crippen molar-refractivity contribution in [2.45, 2.75) is 51.6 Å². The van der Waals surface area contributed by atoms with Crippen molar-refractivity contribution in [3.63, 3.8) is 0 Å². The van der Waals surface area contributed by atoms with Crippen LogP contribution in [0.4, 0.5) is 5.69 Å². The van der Waals surface area contributed by atoms with Gasteiger partial charge in [-0.2, -0.15) is 0 Å². The van der Waals surface area contributed by atoms with Crippen LogP contribution in [-0.4, -0.2) is 24.8 Å². The largest absolute Gasteiger partial charge is 0.497 e. The van der Waals surface area contributed by atoms with Gasteiger partial charge in [0.15, 0.2) is 0 Å². The van der Waals surface area contributed by atoms with Gasteiger partial charge in [0.2, 0.25) is 11.8 Å². The Balaban J connectivity index is 1.37. The standard InChI is InChI=1S/C39H41N3O4/c1-3-9-33(37(40)43)34(23-25-16-17-25)38(44)41-36-32-14-5-4-12-30(32)31-13-6-7-15-35(31)42(39(36)45)24-26-10-8-11-28(22-26)27-18-20-29(46-2)21-19-27/h4-8,10-15,18-22,25,33-34,36H,3,9,16-17,23-24H2,1-2H3,(H2,40,43)(H,41,44). The summed E-state index contributed by atoms with van der Waals surface area (Å²) >= 11 is 0. The summed E-state index contributed by atoms with van der Waals surface area (Å²) in [7, 11) is 1.65. The third-order valence-corrected chi connectivity index (χ3v) is 9.32. The van der Waals surface area contributed by atoms with E-state index in [-0.39, 0.29) is 11.8 Å². The van der Waals surface area contributed by atoms with Crippen LogP contribution in [0.3, 0.4) is 0 Å². The summed E-state index contributed by atoms with van der Waals surface area (Å²) in [6.45, 7) is 2.30. The van der Waals surface area contributed by atoms with Crippen molar-refractivity contribution < 1.29 is 19.1 Å². The van der Waals surface area contributed by atoms with Gasteiger partial charge in [0.1, 0.15) is 11.8 Å². The van der Waals surface area contributed by atoms with Gasteiger partial charge in [-0.05, 0) is 70.8 Å². The molecule has 3 N–H and O–H groups in total. The summed E-state index contributed by atoms with van der Waals surface area (Å²) < 4.78 is 5.33. The Morgan fingerprint density at radius 2 is 1.61 bits per heavy atom. The minimum atomic E-state index is -0.933. The summed E-state index contributed by atoms with van der Waals surface area (Å²) in [6, 6.07) is 30.8. The maximum Gasteiger partial charge on any atom is 0.254 e. The van der Waals surface area contributed by atoms with Crippen LogP contribution < -0.4 is 20.7 Å². The second-order valence-electron chi connectivity index (χ2n) is 12.5. The molecule has 4 aromatic carbocycles. The first-order chi connectivity index (χ1) is 22.4. The van der Waals surface area contributed by atoms with E-state index in [1.807, 2.05) is 97.9 Å². The van der Waals surface area contributed by atoms with Crippen LogP contribution in [0, 0.1) is 17.8 Å². The zero-order chi connectivity index (χ0) is 32.2. The van der Waals surface area contributed by atoms with Crippen molar-refractivity contribution in [3.05, 3.63) is 108 Å². The molecule has 6 rings (SSSR count). The Hall–Kier alpha value is -4.91. The maximum absolute atomic E-state index is 14.7. The first-order valence-electron chi connectivity index (χ1n) is 16.2. The third kappa shape index (κ3) is 6.54. The number of benzene rings is 4. The van der Waals surface area contributed by atoms with E-state index in [9.17, 15) is 14.4 Å². The smallest absolute Gasteiger partial charge is 0.254 e. The number of primary amides is 1. The first-order valence-corrected chi connectivity index (χ1v) is 16.2. The molecule has 7 nitrogen and oxygen atoms in total. The lowest BCUT2D eigenvalue weighted by molar-refractivity contribution is -0.136. The number of nitrogens with one attached hydrogen (secondary N) is 1. The van der Waals surface area contributed by atoms with E-state index in [0.717, 1.165) is 64.1 Å². The second kappa shape index (κ2) is 13.6.